The summed E-state index contributed by atoms with van der Waals surface area (Å²) in [4.78, 5) is 32.2. The molecule has 3 aliphatic heterocycles. The van der Waals surface area contributed by atoms with E-state index in [2.05, 4.69) is 59.9 Å². The van der Waals surface area contributed by atoms with Crippen LogP contribution in [0.4, 0.5) is 4.39 Å². The van der Waals surface area contributed by atoms with Gasteiger partial charge in [0, 0.05) is 64.3 Å². The van der Waals surface area contributed by atoms with Crippen molar-refractivity contribution in [2.24, 2.45) is 11.8 Å². The molecular weight excluding hydrogens is 553 g/mol. The molecule has 3 aliphatic rings. The molecule has 2 saturated heterocycles. The predicted molar refractivity (Wildman–Crippen MR) is 173 cm³/mol. The summed E-state index contributed by atoms with van der Waals surface area (Å²) in [5, 5.41) is 6.45. The summed E-state index contributed by atoms with van der Waals surface area (Å²) in [6.45, 7) is 15.4. The number of rotatable bonds is 10. The molecule has 0 aromatic heterocycles. The van der Waals surface area contributed by atoms with E-state index in [1.54, 1.807) is 12.1 Å². The molecule has 2 atom stereocenters. The van der Waals surface area contributed by atoms with Gasteiger partial charge in [0.25, 0.3) is 0 Å². The smallest absolute Gasteiger partial charge is 0.246 e. The number of halogens is 1. The van der Waals surface area contributed by atoms with Crippen LogP contribution in [0.5, 0.6) is 0 Å². The number of nitrogens with one attached hydrogen (secondary N) is 2. The van der Waals surface area contributed by atoms with Gasteiger partial charge in [0.2, 0.25) is 11.8 Å². The van der Waals surface area contributed by atoms with Crippen molar-refractivity contribution in [1.82, 2.24) is 20.4 Å². The minimum atomic E-state index is -0.718. The molecule has 44 heavy (non-hydrogen) atoms. The van der Waals surface area contributed by atoms with Gasteiger partial charge in [0.15, 0.2) is 11.8 Å². The van der Waals surface area contributed by atoms with E-state index in [4.69, 9.17) is 0 Å². The number of hydrogen-bond acceptors (Lipinski definition) is 4. The molecule has 3 heterocycles. The van der Waals surface area contributed by atoms with Crippen molar-refractivity contribution in [1.29, 1.82) is 0 Å². The van der Waals surface area contributed by atoms with Crippen LogP contribution in [0.3, 0.4) is 0 Å². The van der Waals surface area contributed by atoms with Gasteiger partial charge in [0.05, 0.1) is 6.04 Å². The summed E-state index contributed by atoms with van der Waals surface area (Å²) in [7, 11) is 0. The molecule has 0 aliphatic carbocycles. The first-order chi connectivity index (χ1) is 21.2. The predicted octanol–water partition coefficient (Wildman–Crippen LogP) is 4.03. The van der Waals surface area contributed by atoms with Gasteiger partial charge in [-0.15, -0.1) is 0 Å². The van der Waals surface area contributed by atoms with E-state index in [1.165, 1.54) is 23.4 Å². The van der Waals surface area contributed by atoms with Gasteiger partial charge in [-0.05, 0) is 41.2 Å². The minimum absolute atomic E-state index is 0.0647. The van der Waals surface area contributed by atoms with Crippen LogP contribution in [0.25, 0.3) is 0 Å². The van der Waals surface area contributed by atoms with Crippen molar-refractivity contribution in [3.05, 3.63) is 71.0 Å². The summed E-state index contributed by atoms with van der Waals surface area (Å²) >= 11 is 0. The zero-order chi connectivity index (χ0) is 31.2. The second-order valence-electron chi connectivity index (χ2n) is 13.8. The molecule has 238 valence electrons. The lowest BCUT2D eigenvalue weighted by molar-refractivity contribution is -0.576. The fourth-order valence-corrected chi connectivity index (χ4v) is 7.11. The van der Waals surface area contributed by atoms with E-state index in [9.17, 15) is 14.0 Å². The quantitative estimate of drug-likeness (QED) is 0.402. The highest BCUT2D eigenvalue weighted by atomic mass is 19.1. The number of nitrogens with zero attached hydrogens (tertiary/aromatic N) is 3. The molecule has 0 saturated carbocycles. The molecule has 8 heteroatoms. The maximum Gasteiger partial charge on any atom is 0.246 e. The standard InChI is InChI=1S/C36H50FN5O2/c1-25(2)22-40-16-13-31(14-17-40)42(23-26(3)4)32-15-18-41(24-32)36(44)34(19-27-9-11-30(37)12-10-27)39-35(43)33-20-28-7-5-6-8-29(28)21-38-33/h5-12,25-26,31,33-34,38H,13-24H2,1-4H3/p+1. The molecule has 2 amide bonds. The fraction of sp³-hybridized carbons (Fsp3) is 0.583. The zero-order valence-electron chi connectivity index (χ0n) is 27.0. The monoisotopic (exact) mass is 604 g/mol. The van der Waals surface area contributed by atoms with Crippen LogP contribution in [0, 0.1) is 17.7 Å². The highest BCUT2D eigenvalue weighted by Crippen LogP contribution is 2.21. The molecule has 0 bridgehead atoms. The van der Waals surface area contributed by atoms with Crippen molar-refractivity contribution < 1.29 is 18.6 Å². The number of fused-ring (bicyclic) bond motifs is 1. The Bertz CT molecular complexity index is 1320. The van der Waals surface area contributed by atoms with Gasteiger partial charge in [-0.1, -0.05) is 64.1 Å². The number of piperidine rings is 1. The largest absolute Gasteiger partial charge is 0.343 e. The van der Waals surface area contributed by atoms with Crippen molar-refractivity contribution >= 4 is 17.5 Å². The Balaban J connectivity index is 1.30. The summed E-state index contributed by atoms with van der Waals surface area (Å²) in [5.74, 6) is 0.655. The molecule has 2 unspecified atom stereocenters. The molecule has 2 aromatic carbocycles. The lowest BCUT2D eigenvalue weighted by Crippen LogP contribution is -2.55. The first kappa shape index (κ1) is 32.3. The number of likely N-dealkylation sites (tertiary alicyclic amines) is 2. The molecular formula is C36H51FN5O2+. The Morgan fingerprint density at radius 3 is 2.36 bits per heavy atom. The van der Waals surface area contributed by atoms with E-state index in [1.807, 2.05) is 17.0 Å². The van der Waals surface area contributed by atoms with E-state index < -0.39 is 12.1 Å². The second-order valence-corrected chi connectivity index (χ2v) is 13.8. The van der Waals surface area contributed by atoms with E-state index in [-0.39, 0.29) is 17.6 Å². The van der Waals surface area contributed by atoms with Crippen LogP contribution >= 0.6 is 0 Å². The van der Waals surface area contributed by atoms with Crippen molar-refractivity contribution in [2.75, 3.05) is 39.3 Å². The van der Waals surface area contributed by atoms with Crippen LogP contribution < -0.4 is 10.6 Å². The van der Waals surface area contributed by atoms with Crippen LogP contribution in [0.2, 0.25) is 0 Å². The van der Waals surface area contributed by atoms with Gasteiger partial charge in [-0.3, -0.25) is 9.59 Å². The molecule has 5 rings (SSSR count). The maximum absolute atomic E-state index is 14.1. The molecule has 0 spiro atoms. The third-order valence-corrected chi connectivity index (χ3v) is 9.31. The fourth-order valence-electron chi connectivity index (χ4n) is 7.11. The molecule has 2 aromatic rings. The normalized spacial score (nSPS) is 21.4. The van der Waals surface area contributed by atoms with E-state index in [0.717, 1.165) is 56.6 Å². The van der Waals surface area contributed by atoms with Crippen LogP contribution in [0.1, 0.15) is 63.6 Å². The van der Waals surface area contributed by atoms with Crippen LogP contribution in [0.15, 0.2) is 48.5 Å². The van der Waals surface area contributed by atoms with E-state index in [0.29, 0.717) is 50.4 Å². The minimum Gasteiger partial charge on any atom is -0.343 e. The Morgan fingerprint density at radius 2 is 1.68 bits per heavy atom. The van der Waals surface area contributed by atoms with E-state index >= 15 is 0 Å². The first-order valence-electron chi connectivity index (χ1n) is 16.6. The van der Waals surface area contributed by atoms with Gasteiger partial charge in [-0.25, -0.2) is 8.97 Å². The third kappa shape index (κ3) is 8.33. The van der Waals surface area contributed by atoms with Gasteiger partial charge < -0.3 is 20.4 Å². The molecule has 7 nitrogen and oxygen atoms in total. The lowest BCUT2D eigenvalue weighted by Gasteiger charge is -2.32. The van der Waals surface area contributed by atoms with Gasteiger partial charge in [0.1, 0.15) is 24.9 Å². The Hall–Kier alpha value is -3.10. The first-order valence-corrected chi connectivity index (χ1v) is 16.6. The Morgan fingerprint density at radius 1 is 0.977 bits per heavy atom. The number of benzene rings is 2. The average Bonchev–Trinajstić information content (AvgIpc) is 3.50. The summed E-state index contributed by atoms with van der Waals surface area (Å²) in [6, 6.07) is 13.8. The molecule has 0 radical (unpaired) electrons. The third-order valence-electron chi connectivity index (χ3n) is 9.31. The number of carbonyl (C=O) groups excluding carboxylic acids is 2. The average molecular weight is 605 g/mol. The molecule has 2 fully saturated rings. The zero-order valence-corrected chi connectivity index (χ0v) is 27.0. The van der Waals surface area contributed by atoms with Crippen LogP contribution in [-0.2, 0) is 29.0 Å². The van der Waals surface area contributed by atoms with Gasteiger partial charge >= 0.3 is 0 Å². The van der Waals surface area contributed by atoms with Crippen molar-refractivity contribution in [3.8, 4) is 0 Å². The second kappa shape index (κ2) is 14.8. The topological polar surface area (TPSA) is 67.7 Å². The maximum atomic E-state index is 14.1. The van der Waals surface area contributed by atoms with Gasteiger partial charge in [-0.2, -0.15) is 0 Å². The highest BCUT2D eigenvalue weighted by molar-refractivity contribution is 5.95. The number of amides is 2. The highest BCUT2D eigenvalue weighted by Gasteiger charge is 2.38. The summed E-state index contributed by atoms with van der Waals surface area (Å²) in [5.41, 5.74) is 4.52. The van der Waals surface area contributed by atoms with Crippen LogP contribution in [-0.4, -0.2) is 89.3 Å². The van der Waals surface area contributed by atoms with Crippen molar-refractivity contribution in [3.63, 3.8) is 0 Å². The number of hydrogen-bond donors (Lipinski definition) is 2. The number of carbonyl (C=O) groups is 2. The summed E-state index contributed by atoms with van der Waals surface area (Å²) in [6.07, 6.45) is 4.07. The molecule has 2 N–H and O–H groups in total. The lowest BCUT2D eigenvalue weighted by atomic mass is 9.95. The SMILES string of the molecule is CC(C)CN1CCC([N+](CC(C)C)=C2CCN(C(=O)C(Cc3ccc(F)cc3)NC(=O)C3Cc4ccccc4CN3)C2)CC1. The Kier molecular flexibility index (Phi) is 10.9. The summed E-state index contributed by atoms with van der Waals surface area (Å²) < 4.78 is 16.3. The Labute approximate surface area is 262 Å². The van der Waals surface area contributed by atoms with Crippen molar-refractivity contribution in [2.45, 2.75) is 84.5 Å².